The Bertz CT molecular complexity index is 227. The van der Waals surface area contributed by atoms with Gasteiger partial charge in [0.15, 0.2) is 0 Å². The molecule has 0 aliphatic heterocycles. The lowest BCUT2D eigenvalue weighted by Gasteiger charge is -2.18. The summed E-state index contributed by atoms with van der Waals surface area (Å²) in [5.41, 5.74) is 5.58. The molecule has 0 heterocycles. The van der Waals surface area contributed by atoms with Gasteiger partial charge in [-0.1, -0.05) is 13.8 Å². The van der Waals surface area contributed by atoms with Gasteiger partial charge in [0.05, 0.1) is 12.0 Å². The molecule has 1 amide bonds. The molecule has 2 atom stereocenters. The van der Waals surface area contributed by atoms with E-state index in [1.807, 2.05) is 0 Å². The number of amides is 1. The van der Waals surface area contributed by atoms with Crippen molar-refractivity contribution in [3.63, 3.8) is 0 Å². The third-order valence-electron chi connectivity index (χ3n) is 3.06. The maximum absolute atomic E-state index is 11.8. The van der Waals surface area contributed by atoms with Gasteiger partial charge in [-0.15, -0.1) is 0 Å². The molecule has 16 heavy (non-hydrogen) atoms. The quantitative estimate of drug-likeness (QED) is 0.594. The minimum absolute atomic E-state index is 0.0177. The molecule has 1 aliphatic carbocycles. The molecule has 4 nitrogen and oxygen atoms in total. The number of hydrogen-bond acceptors (Lipinski definition) is 3. The molecule has 1 rings (SSSR count). The fourth-order valence-electron chi connectivity index (χ4n) is 1.88. The standard InChI is InChI=1S/C12H24N2O2/c1-8(2)5-10(6-13)12(16)14-7-11(15)9-3-4-9/h8-11,15H,3-7,13H2,1-2H3,(H,14,16). The highest BCUT2D eigenvalue weighted by Gasteiger charge is 2.30. The zero-order chi connectivity index (χ0) is 12.1. The zero-order valence-electron chi connectivity index (χ0n) is 10.3. The molecule has 2 unspecified atom stereocenters. The highest BCUT2D eigenvalue weighted by atomic mass is 16.3. The Balaban J connectivity index is 2.25. The third-order valence-corrected chi connectivity index (χ3v) is 3.06. The number of aliphatic hydroxyl groups excluding tert-OH is 1. The number of aliphatic hydroxyl groups is 1. The molecule has 4 N–H and O–H groups in total. The third kappa shape index (κ3) is 4.49. The van der Waals surface area contributed by atoms with Gasteiger partial charge in [-0.3, -0.25) is 4.79 Å². The Kier molecular flexibility index (Phi) is 5.22. The number of nitrogens with one attached hydrogen (secondary N) is 1. The van der Waals surface area contributed by atoms with Crippen molar-refractivity contribution in [2.45, 2.75) is 39.2 Å². The molecule has 1 saturated carbocycles. The van der Waals surface area contributed by atoms with E-state index in [9.17, 15) is 9.90 Å². The van der Waals surface area contributed by atoms with Crippen LogP contribution in [0.2, 0.25) is 0 Å². The van der Waals surface area contributed by atoms with Crippen LogP contribution in [0.1, 0.15) is 33.1 Å². The van der Waals surface area contributed by atoms with E-state index < -0.39 is 0 Å². The second-order valence-corrected chi connectivity index (χ2v) is 5.21. The van der Waals surface area contributed by atoms with Crippen molar-refractivity contribution in [1.82, 2.24) is 5.32 Å². The largest absolute Gasteiger partial charge is 0.391 e. The van der Waals surface area contributed by atoms with Gasteiger partial charge >= 0.3 is 0 Å². The van der Waals surface area contributed by atoms with Crippen LogP contribution >= 0.6 is 0 Å². The van der Waals surface area contributed by atoms with Crippen molar-refractivity contribution in [2.75, 3.05) is 13.1 Å². The molecule has 0 aromatic rings. The summed E-state index contributed by atoms with van der Waals surface area (Å²) >= 11 is 0. The topological polar surface area (TPSA) is 75.4 Å². The molecular weight excluding hydrogens is 204 g/mol. The average Bonchev–Trinajstić information content (AvgIpc) is 3.05. The van der Waals surface area contributed by atoms with Crippen LogP contribution in [0.3, 0.4) is 0 Å². The summed E-state index contributed by atoms with van der Waals surface area (Å²) in [4.78, 5) is 11.8. The summed E-state index contributed by atoms with van der Waals surface area (Å²) < 4.78 is 0. The van der Waals surface area contributed by atoms with Crippen molar-refractivity contribution < 1.29 is 9.90 Å². The van der Waals surface area contributed by atoms with Crippen LogP contribution in [0.25, 0.3) is 0 Å². The van der Waals surface area contributed by atoms with Gasteiger partial charge in [0, 0.05) is 13.1 Å². The smallest absolute Gasteiger partial charge is 0.224 e. The molecule has 94 valence electrons. The van der Waals surface area contributed by atoms with E-state index in [-0.39, 0.29) is 17.9 Å². The van der Waals surface area contributed by atoms with E-state index in [1.54, 1.807) is 0 Å². The van der Waals surface area contributed by atoms with Crippen LogP contribution in [0.5, 0.6) is 0 Å². The van der Waals surface area contributed by atoms with Gasteiger partial charge in [-0.2, -0.15) is 0 Å². The molecule has 1 aliphatic rings. The van der Waals surface area contributed by atoms with Crippen molar-refractivity contribution >= 4 is 5.91 Å². The first-order valence-electron chi connectivity index (χ1n) is 6.20. The van der Waals surface area contributed by atoms with Crippen LogP contribution in [0.15, 0.2) is 0 Å². The Hall–Kier alpha value is -0.610. The second-order valence-electron chi connectivity index (χ2n) is 5.21. The van der Waals surface area contributed by atoms with E-state index in [2.05, 4.69) is 19.2 Å². The van der Waals surface area contributed by atoms with E-state index >= 15 is 0 Å². The number of carbonyl (C=O) groups is 1. The summed E-state index contributed by atoms with van der Waals surface area (Å²) in [6, 6.07) is 0. The van der Waals surface area contributed by atoms with Crippen molar-refractivity contribution in [2.24, 2.45) is 23.5 Å². The highest BCUT2D eigenvalue weighted by molar-refractivity contribution is 5.78. The number of hydrogen-bond donors (Lipinski definition) is 3. The SMILES string of the molecule is CC(C)CC(CN)C(=O)NCC(O)C1CC1. The van der Waals surface area contributed by atoms with Crippen molar-refractivity contribution in [3.05, 3.63) is 0 Å². The molecule has 0 aromatic heterocycles. The van der Waals surface area contributed by atoms with Gasteiger partial charge in [0.1, 0.15) is 0 Å². The first-order valence-corrected chi connectivity index (χ1v) is 6.20. The predicted molar refractivity (Wildman–Crippen MR) is 63.7 cm³/mol. The molecule has 0 saturated heterocycles. The minimum atomic E-state index is -0.374. The lowest BCUT2D eigenvalue weighted by Crippen LogP contribution is -2.40. The Labute approximate surface area is 97.6 Å². The number of nitrogens with two attached hydrogens (primary N) is 1. The lowest BCUT2D eigenvalue weighted by atomic mass is 9.96. The van der Waals surface area contributed by atoms with E-state index in [0.29, 0.717) is 24.9 Å². The number of rotatable bonds is 7. The van der Waals surface area contributed by atoms with E-state index in [4.69, 9.17) is 5.73 Å². The Morgan fingerprint density at radius 2 is 2.12 bits per heavy atom. The van der Waals surface area contributed by atoms with Crippen LogP contribution in [-0.2, 0) is 4.79 Å². The first-order chi connectivity index (χ1) is 7.54. The fourth-order valence-corrected chi connectivity index (χ4v) is 1.88. The van der Waals surface area contributed by atoms with Gasteiger partial charge in [-0.25, -0.2) is 0 Å². The van der Waals surface area contributed by atoms with Crippen LogP contribution in [0, 0.1) is 17.8 Å². The Morgan fingerprint density at radius 1 is 1.50 bits per heavy atom. The summed E-state index contributed by atoms with van der Waals surface area (Å²) in [7, 11) is 0. The summed E-state index contributed by atoms with van der Waals surface area (Å²) in [6.07, 6.45) is 2.61. The molecular formula is C12H24N2O2. The van der Waals surface area contributed by atoms with Crippen molar-refractivity contribution in [1.29, 1.82) is 0 Å². The van der Waals surface area contributed by atoms with Gasteiger partial charge < -0.3 is 16.2 Å². The first kappa shape index (κ1) is 13.5. The van der Waals surface area contributed by atoms with Gasteiger partial charge in [0.2, 0.25) is 5.91 Å². The second kappa shape index (κ2) is 6.21. The predicted octanol–water partition coefficient (Wildman–Crippen LogP) is 0.495. The Morgan fingerprint density at radius 3 is 2.56 bits per heavy atom. The van der Waals surface area contributed by atoms with Crippen LogP contribution in [-0.4, -0.2) is 30.2 Å². The normalized spacial score (nSPS) is 19.6. The minimum Gasteiger partial charge on any atom is -0.391 e. The molecule has 4 heteroatoms. The average molecular weight is 228 g/mol. The summed E-state index contributed by atoms with van der Waals surface area (Å²) in [6.45, 7) is 4.91. The van der Waals surface area contributed by atoms with Gasteiger partial charge in [-0.05, 0) is 31.1 Å². The highest BCUT2D eigenvalue weighted by Crippen LogP contribution is 2.32. The van der Waals surface area contributed by atoms with E-state index in [1.165, 1.54) is 0 Å². The maximum atomic E-state index is 11.8. The van der Waals surface area contributed by atoms with Gasteiger partial charge in [0.25, 0.3) is 0 Å². The summed E-state index contributed by atoms with van der Waals surface area (Å²) in [5.74, 6) is 0.733. The zero-order valence-corrected chi connectivity index (χ0v) is 10.3. The monoisotopic (exact) mass is 228 g/mol. The molecule has 0 spiro atoms. The van der Waals surface area contributed by atoms with E-state index in [0.717, 1.165) is 19.3 Å². The summed E-state index contributed by atoms with van der Waals surface area (Å²) in [5, 5.41) is 12.4. The molecule has 0 bridgehead atoms. The molecule has 0 aromatic carbocycles. The number of carbonyl (C=O) groups excluding carboxylic acids is 1. The van der Waals surface area contributed by atoms with Crippen LogP contribution < -0.4 is 11.1 Å². The fraction of sp³-hybridized carbons (Fsp3) is 0.917. The van der Waals surface area contributed by atoms with Crippen LogP contribution in [0.4, 0.5) is 0 Å². The maximum Gasteiger partial charge on any atom is 0.224 e. The molecule has 1 fully saturated rings. The van der Waals surface area contributed by atoms with Crippen molar-refractivity contribution in [3.8, 4) is 0 Å². The molecule has 0 radical (unpaired) electrons. The lowest BCUT2D eigenvalue weighted by molar-refractivity contribution is -0.125.